The highest BCUT2D eigenvalue weighted by Gasteiger charge is 2.32. The summed E-state index contributed by atoms with van der Waals surface area (Å²) in [6.45, 7) is 0.452. The van der Waals surface area contributed by atoms with E-state index in [2.05, 4.69) is 5.32 Å². The van der Waals surface area contributed by atoms with Crippen LogP contribution in [-0.2, 0) is 26.2 Å². The van der Waals surface area contributed by atoms with Crippen molar-refractivity contribution >= 4 is 27.5 Å². The maximum absolute atomic E-state index is 14.4. The van der Waals surface area contributed by atoms with Gasteiger partial charge in [0.1, 0.15) is 30.0 Å². The quantitative estimate of drug-likeness (QED) is 0.433. The van der Waals surface area contributed by atoms with Crippen molar-refractivity contribution in [3.05, 3.63) is 90.0 Å². The van der Waals surface area contributed by atoms with Crippen LogP contribution in [-0.4, -0.2) is 51.9 Å². The number of benzene rings is 3. The molecular formula is C26H27F2N3O5S. The molecule has 0 radical (unpaired) electrons. The molecule has 3 rings (SSSR count). The average Bonchev–Trinajstić information content (AvgIpc) is 2.90. The van der Waals surface area contributed by atoms with Crippen molar-refractivity contribution in [3.63, 3.8) is 0 Å². The summed E-state index contributed by atoms with van der Waals surface area (Å²) in [6, 6.07) is 14.9. The molecule has 0 heterocycles. The second-order valence-electron chi connectivity index (χ2n) is 8.07. The Balaban J connectivity index is 2.03. The number of carbonyl (C=O) groups is 2. The topological polar surface area (TPSA) is 96.0 Å². The molecule has 1 N–H and O–H groups in total. The molecule has 37 heavy (non-hydrogen) atoms. The lowest BCUT2D eigenvalue weighted by Crippen LogP contribution is -2.50. The fourth-order valence-corrected chi connectivity index (χ4v) is 5.03. The molecule has 0 saturated carbocycles. The van der Waals surface area contributed by atoms with Crippen molar-refractivity contribution in [2.45, 2.75) is 24.4 Å². The SMILES string of the molecule is CNC(=O)[C@H](C)N(Cc1ccccc1F)C(=O)CN(c1ccc(F)cc1)S(=O)(=O)c1ccc(OC)cc1. The summed E-state index contributed by atoms with van der Waals surface area (Å²) in [5.74, 6) is -2.02. The van der Waals surface area contributed by atoms with Crippen molar-refractivity contribution in [2.24, 2.45) is 0 Å². The number of hydrogen-bond acceptors (Lipinski definition) is 5. The van der Waals surface area contributed by atoms with Crippen LogP contribution in [0.3, 0.4) is 0 Å². The third-order valence-electron chi connectivity index (χ3n) is 5.75. The molecule has 0 bridgehead atoms. The molecule has 0 aliphatic heterocycles. The fraction of sp³-hybridized carbons (Fsp3) is 0.231. The summed E-state index contributed by atoms with van der Waals surface area (Å²) in [5, 5.41) is 2.45. The molecule has 3 aromatic carbocycles. The van der Waals surface area contributed by atoms with Gasteiger partial charge >= 0.3 is 0 Å². The van der Waals surface area contributed by atoms with Gasteiger partial charge in [0.25, 0.3) is 10.0 Å². The lowest BCUT2D eigenvalue weighted by atomic mass is 10.1. The molecule has 0 aromatic heterocycles. The number of carbonyl (C=O) groups excluding carboxylic acids is 2. The van der Waals surface area contributed by atoms with E-state index >= 15 is 0 Å². The van der Waals surface area contributed by atoms with E-state index in [1.54, 1.807) is 6.07 Å². The normalized spacial score (nSPS) is 11.9. The van der Waals surface area contributed by atoms with Crippen LogP contribution in [0.4, 0.5) is 14.5 Å². The Morgan fingerprint density at radius 3 is 2.16 bits per heavy atom. The number of nitrogens with one attached hydrogen (secondary N) is 1. The molecule has 0 fully saturated rings. The number of rotatable bonds is 10. The highest BCUT2D eigenvalue weighted by Crippen LogP contribution is 2.26. The van der Waals surface area contributed by atoms with Crippen molar-refractivity contribution in [2.75, 3.05) is 25.0 Å². The monoisotopic (exact) mass is 531 g/mol. The number of nitrogens with zero attached hydrogens (tertiary/aromatic N) is 2. The molecule has 0 aliphatic carbocycles. The molecule has 11 heteroatoms. The van der Waals surface area contributed by atoms with E-state index in [1.807, 2.05) is 0 Å². The highest BCUT2D eigenvalue weighted by molar-refractivity contribution is 7.92. The number of halogens is 2. The first-order chi connectivity index (χ1) is 17.6. The zero-order chi connectivity index (χ0) is 27.2. The number of anilines is 1. The second-order valence-corrected chi connectivity index (χ2v) is 9.93. The van der Waals surface area contributed by atoms with E-state index in [4.69, 9.17) is 4.74 Å². The number of likely N-dealkylation sites (N-methyl/N-ethyl adjacent to an activating group) is 1. The Morgan fingerprint density at radius 1 is 0.973 bits per heavy atom. The lowest BCUT2D eigenvalue weighted by molar-refractivity contribution is -0.139. The third kappa shape index (κ3) is 6.42. The number of methoxy groups -OCH3 is 1. The van der Waals surface area contributed by atoms with Crippen LogP contribution in [0, 0.1) is 11.6 Å². The molecule has 0 spiro atoms. The summed E-state index contributed by atoms with van der Waals surface area (Å²) < 4.78 is 61.2. The maximum Gasteiger partial charge on any atom is 0.264 e. The van der Waals surface area contributed by atoms with Gasteiger partial charge in [0, 0.05) is 19.2 Å². The molecule has 0 saturated heterocycles. The Bertz CT molecular complexity index is 1350. The minimum Gasteiger partial charge on any atom is -0.497 e. The van der Waals surface area contributed by atoms with Crippen LogP contribution in [0.2, 0.25) is 0 Å². The first kappa shape index (κ1) is 27.6. The predicted octanol–water partition coefficient (Wildman–Crippen LogP) is 3.33. The van der Waals surface area contributed by atoms with Crippen LogP contribution >= 0.6 is 0 Å². The average molecular weight is 532 g/mol. The van der Waals surface area contributed by atoms with Crippen LogP contribution in [0.25, 0.3) is 0 Å². The van der Waals surface area contributed by atoms with Gasteiger partial charge in [-0.2, -0.15) is 0 Å². The summed E-state index contributed by atoms with van der Waals surface area (Å²) in [4.78, 5) is 27.0. The van der Waals surface area contributed by atoms with Crippen LogP contribution < -0.4 is 14.4 Å². The first-order valence-corrected chi connectivity index (χ1v) is 12.7. The predicted molar refractivity (Wildman–Crippen MR) is 134 cm³/mol. The number of ether oxygens (including phenoxy) is 1. The van der Waals surface area contributed by atoms with Gasteiger partial charge in [0.15, 0.2) is 0 Å². The Kier molecular flexibility index (Phi) is 8.82. The van der Waals surface area contributed by atoms with Gasteiger partial charge in [-0.15, -0.1) is 0 Å². The van der Waals surface area contributed by atoms with E-state index in [9.17, 15) is 26.8 Å². The molecule has 0 unspecified atom stereocenters. The summed E-state index contributed by atoms with van der Waals surface area (Å²) in [6.07, 6.45) is 0. The highest BCUT2D eigenvalue weighted by atomic mass is 32.2. The first-order valence-electron chi connectivity index (χ1n) is 11.2. The number of amides is 2. The van der Waals surface area contributed by atoms with Crippen LogP contribution in [0.15, 0.2) is 77.7 Å². The summed E-state index contributed by atoms with van der Waals surface area (Å²) in [5.41, 5.74) is 0.182. The fourth-order valence-electron chi connectivity index (χ4n) is 3.61. The zero-order valence-electron chi connectivity index (χ0n) is 20.5. The molecular weight excluding hydrogens is 504 g/mol. The molecule has 196 valence electrons. The van der Waals surface area contributed by atoms with Gasteiger partial charge < -0.3 is 15.0 Å². The molecule has 8 nitrogen and oxygen atoms in total. The van der Waals surface area contributed by atoms with Crippen LogP contribution in [0.5, 0.6) is 5.75 Å². The lowest BCUT2D eigenvalue weighted by Gasteiger charge is -2.31. The minimum atomic E-state index is -4.32. The Hall–Kier alpha value is -3.99. The zero-order valence-corrected chi connectivity index (χ0v) is 21.3. The Labute approximate surface area is 214 Å². The van der Waals surface area contributed by atoms with E-state index in [0.717, 1.165) is 21.3 Å². The number of sulfonamides is 1. The largest absolute Gasteiger partial charge is 0.497 e. The third-order valence-corrected chi connectivity index (χ3v) is 7.54. The smallest absolute Gasteiger partial charge is 0.264 e. The van der Waals surface area contributed by atoms with Gasteiger partial charge in [-0.25, -0.2) is 17.2 Å². The molecule has 1 atom stereocenters. The maximum atomic E-state index is 14.4. The van der Waals surface area contributed by atoms with Gasteiger partial charge in [0.2, 0.25) is 11.8 Å². The minimum absolute atomic E-state index is 0.0315. The van der Waals surface area contributed by atoms with E-state index in [0.29, 0.717) is 5.75 Å². The van der Waals surface area contributed by atoms with Gasteiger partial charge in [-0.1, -0.05) is 18.2 Å². The van der Waals surface area contributed by atoms with Gasteiger partial charge in [-0.05, 0) is 61.5 Å². The van der Waals surface area contributed by atoms with E-state index < -0.39 is 46.1 Å². The summed E-state index contributed by atoms with van der Waals surface area (Å²) in [7, 11) is -1.49. The van der Waals surface area contributed by atoms with Gasteiger partial charge in [0.05, 0.1) is 17.7 Å². The summed E-state index contributed by atoms with van der Waals surface area (Å²) >= 11 is 0. The van der Waals surface area contributed by atoms with E-state index in [1.165, 1.54) is 75.7 Å². The molecule has 2 amide bonds. The van der Waals surface area contributed by atoms with Crippen molar-refractivity contribution in [1.29, 1.82) is 0 Å². The van der Waals surface area contributed by atoms with Gasteiger partial charge in [-0.3, -0.25) is 13.9 Å². The molecule has 3 aromatic rings. The van der Waals surface area contributed by atoms with Crippen molar-refractivity contribution in [3.8, 4) is 5.75 Å². The van der Waals surface area contributed by atoms with Crippen molar-refractivity contribution < 1.29 is 31.5 Å². The van der Waals surface area contributed by atoms with Crippen LogP contribution in [0.1, 0.15) is 12.5 Å². The standard InChI is InChI=1S/C26H27F2N3O5S/c1-18(26(33)29-2)30(16-19-6-4-5-7-24(19)28)25(32)17-31(21-10-8-20(27)9-11-21)37(34,35)23-14-12-22(36-3)13-15-23/h4-15,18H,16-17H2,1-3H3,(H,29,33)/t18-/m0/s1. The number of hydrogen-bond donors (Lipinski definition) is 1. The molecule has 0 aliphatic rings. The second kappa shape index (κ2) is 11.8. The van der Waals surface area contributed by atoms with Crippen molar-refractivity contribution in [1.82, 2.24) is 10.2 Å². The Morgan fingerprint density at radius 2 is 1.59 bits per heavy atom. The van der Waals surface area contributed by atoms with E-state index in [-0.39, 0.29) is 22.7 Å².